The van der Waals surface area contributed by atoms with Gasteiger partial charge in [-0.25, -0.2) is 0 Å². The van der Waals surface area contributed by atoms with E-state index in [1.165, 1.54) is 6.92 Å². The van der Waals surface area contributed by atoms with Gasteiger partial charge in [-0.05, 0) is 6.92 Å². The molecule has 0 heterocycles. The van der Waals surface area contributed by atoms with Gasteiger partial charge < -0.3 is 10.4 Å². The van der Waals surface area contributed by atoms with Crippen molar-refractivity contribution >= 4 is 40.7 Å². The van der Waals surface area contributed by atoms with E-state index in [2.05, 4.69) is 5.32 Å². The van der Waals surface area contributed by atoms with Crippen LogP contribution in [0.1, 0.15) is 6.92 Å². The Morgan fingerprint density at radius 3 is 2.36 bits per heavy atom. The second-order valence-electron chi connectivity index (χ2n) is 2.06. The largest absolute Gasteiger partial charge is 0.392 e. The summed E-state index contributed by atoms with van der Waals surface area (Å²) in [6.07, 6.45) is -0.647. The molecule has 11 heavy (non-hydrogen) atoms. The quantitative estimate of drug-likeness (QED) is 0.678. The third-order valence-corrected chi connectivity index (χ3v) is 1.33. The van der Waals surface area contributed by atoms with Crippen LogP contribution in [-0.4, -0.2) is 27.5 Å². The minimum atomic E-state index is -1.95. The Bertz CT molecular complexity index is 143. The maximum Gasteiger partial charge on any atom is 0.272 e. The highest BCUT2D eigenvalue weighted by Crippen LogP contribution is 2.25. The summed E-state index contributed by atoms with van der Waals surface area (Å²) in [5, 5.41) is 11.0. The Morgan fingerprint density at radius 1 is 1.64 bits per heavy atom. The van der Waals surface area contributed by atoms with Gasteiger partial charge in [0, 0.05) is 6.54 Å². The van der Waals surface area contributed by atoms with Gasteiger partial charge in [0.25, 0.3) is 9.70 Å². The predicted molar refractivity (Wildman–Crippen MR) is 45.0 cm³/mol. The zero-order valence-corrected chi connectivity index (χ0v) is 8.04. The van der Waals surface area contributed by atoms with E-state index in [0.29, 0.717) is 0 Å². The number of amides is 1. The molecule has 0 saturated heterocycles. The number of nitrogens with one attached hydrogen (secondary N) is 1. The van der Waals surface area contributed by atoms with Crippen LogP contribution in [0.3, 0.4) is 0 Å². The summed E-state index contributed by atoms with van der Waals surface area (Å²) in [4.78, 5) is 10.8. The summed E-state index contributed by atoms with van der Waals surface area (Å²) >= 11 is 15.6. The molecule has 0 rings (SSSR count). The van der Waals surface area contributed by atoms with Crippen molar-refractivity contribution in [3.05, 3.63) is 0 Å². The molecule has 1 atom stereocenters. The fourth-order valence-corrected chi connectivity index (χ4v) is 0.541. The standard InChI is InChI=1S/C5H8Cl3NO2/c1-3(10)2-9-4(11)5(6,7)8/h3,10H,2H2,1H3,(H,9,11). The molecule has 66 valence electrons. The highest BCUT2D eigenvalue weighted by Gasteiger charge is 2.30. The van der Waals surface area contributed by atoms with Gasteiger partial charge in [0.2, 0.25) is 0 Å². The second-order valence-corrected chi connectivity index (χ2v) is 4.34. The highest BCUT2D eigenvalue weighted by atomic mass is 35.6. The highest BCUT2D eigenvalue weighted by molar-refractivity contribution is 6.76. The van der Waals surface area contributed by atoms with Crippen molar-refractivity contribution in [2.45, 2.75) is 16.8 Å². The Morgan fingerprint density at radius 2 is 2.09 bits per heavy atom. The number of halogens is 3. The molecule has 3 nitrogen and oxygen atoms in total. The average Bonchev–Trinajstić information content (AvgIpc) is 1.80. The number of rotatable bonds is 2. The Hall–Kier alpha value is 0.300. The minimum absolute atomic E-state index is 0.0761. The minimum Gasteiger partial charge on any atom is -0.392 e. The number of carbonyl (C=O) groups is 1. The van der Waals surface area contributed by atoms with E-state index in [0.717, 1.165) is 0 Å². The van der Waals surface area contributed by atoms with Crippen molar-refractivity contribution in [3.8, 4) is 0 Å². The lowest BCUT2D eigenvalue weighted by atomic mass is 10.4. The summed E-state index contributed by atoms with van der Waals surface area (Å²) in [5.41, 5.74) is 0. The Kier molecular flexibility index (Phi) is 4.48. The number of aliphatic hydroxyl groups excluding tert-OH is 1. The van der Waals surface area contributed by atoms with Crippen LogP contribution >= 0.6 is 34.8 Å². The van der Waals surface area contributed by atoms with Gasteiger partial charge in [-0.2, -0.15) is 0 Å². The van der Waals surface area contributed by atoms with E-state index in [1.54, 1.807) is 0 Å². The summed E-state index contributed by atoms with van der Waals surface area (Å²) in [7, 11) is 0. The molecule has 0 aromatic rings. The maximum atomic E-state index is 10.8. The molecule has 0 aromatic carbocycles. The van der Waals surface area contributed by atoms with Crippen LogP contribution in [0.2, 0.25) is 0 Å². The lowest BCUT2D eigenvalue weighted by Crippen LogP contribution is -2.38. The van der Waals surface area contributed by atoms with Crippen molar-refractivity contribution in [1.29, 1.82) is 0 Å². The van der Waals surface area contributed by atoms with Crippen LogP contribution in [-0.2, 0) is 4.79 Å². The molecule has 2 N–H and O–H groups in total. The SMILES string of the molecule is CC(O)CNC(=O)C(Cl)(Cl)Cl. The van der Waals surface area contributed by atoms with Crippen LogP contribution in [0.4, 0.5) is 0 Å². The normalized spacial score (nSPS) is 14.3. The summed E-state index contributed by atoms with van der Waals surface area (Å²) < 4.78 is -1.95. The van der Waals surface area contributed by atoms with E-state index in [-0.39, 0.29) is 6.54 Å². The van der Waals surface area contributed by atoms with Crippen LogP contribution < -0.4 is 5.32 Å². The van der Waals surface area contributed by atoms with Crippen molar-refractivity contribution in [1.82, 2.24) is 5.32 Å². The zero-order chi connectivity index (χ0) is 9.07. The van der Waals surface area contributed by atoms with Crippen LogP contribution in [0.5, 0.6) is 0 Å². The molecule has 0 aliphatic heterocycles. The Labute approximate surface area is 79.6 Å². The van der Waals surface area contributed by atoms with E-state index in [9.17, 15) is 4.79 Å². The van der Waals surface area contributed by atoms with Gasteiger partial charge in [0.1, 0.15) is 0 Å². The van der Waals surface area contributed by atoms with Gasteiger partial charge in [-0.3, -0.25) is 4.79 Å². The van der Waals surface area contributed by atoms with Crippen molar-refractivity contribution in [3.63, 3.8) is 0 Å². The molecule has 0 aliphatic carbocycles. The summed E-state index contributed by atoms with van der Waals surface area (Å²) in [5.74, 6) is -0.733. The zero-order valence-electron chi connectivity index (χ0n) is 5.77. The number of aliphatic hydroxyl groups is 1. The van der Waals surface area contributed by atoms with Gasteiger partial charge in [-0.15, -0.1) is 0 Å². The fraction of sp³-hybridized carbons (Fsp3) is 0.800. The van der Waals surface area contributed by atoms with Gasteiger partial charge in [0.05, 0.1) is 6.10 Å². The van der Waals surface area contributed by atoms with E-state index >= 15 is 0 Å². The summed E-state index contributed by atoms with van der Waals surface area (Å²) in [6, 6.07) is 0. The summed E-state index contributed by atoms with van der Waals surface area (Å²) in [6.45, 7) is 1.59. The molecule has 6 heteroatoms. The molecule has 1 unspecified atom stereocenters. The van der Waals surface area contributed by atoms with Crippen molar-refractivity contribution in [2.24, 2.45) is 0 Å². The fourth-order valence-electron chi connectivity index (χ4n) is 0.341. The molecule has 0 saturated carbocycles. The van der Waals surface area contributed by atoms with Gasteiger partial charge in [0.15, 0.2) is 0 Å². The van der Waals surface area contributed by atoms with Crippen molar-refractivity contribution in [2.75, 3.05) is 6.54 Å². The maximum absolute atomic E-state index is 10.8. The first-order chi connectivity index (χ1) is 4.84. The topological polar surface area (TPSA) is 49.3 Å². The second kappa shape index (κ2) is 4.36. The molecule has 0 fully saturated rings. The first kappa shape index (κ1) is 11.3. The number of carbonyl (C=O) groups excluding carboxylic acids is 1. The first-order valence-electron chi connectivity index (χ1n) is 2.87. The third kappa shape index (κ3) is 5.56. The van der Waals surface area contributed by atoms with E-state index < -0.39 is 15.8 Å². The Balaban J connectivity index is 3.71. The predicted octanol–water partition coefficient (Wildman–Crippen LogP) is 0.854. The van der Waals surface area contributed by atoms with E-state index in [4.69, 9.17) is 39.9 Å². The molecule has 0 spiro atoms. The van der Waals surface area contributed by atoms with E-state index in [1.807, 2.05) is 0 Å². The van der Waals surface area contributed by atoms with Gasteiger partial charge in [-0.1, -0.05) is 34.8 Å². The molecular weight excluding hydrogens is 212 g/mol. The monoisotopic (exact) mass is 219 g/mol. The molecule has 0 aliphatic rings. The number of hydrogen-bond acceptors (Lipinski definition) is 2. The molecular formula is C5H8Cl3NO2. The third-order valence-electron chi connectivity index (χ3n) is 0.815. The molecule has 1 amide bonds. The molecule has 0 aromatic heterocycles. The average molecular weight is 220 g/mol. The molecule has 0 radical (unpaired) electrons. The first-order valence-corrected chi connectivity index (χ1v) is 4.00. The van der Waals surface area contributed by atoms with Crippen LogP contribution in [0.15, 0.2) is 0 Å². The lowest BCUT2D eigenvalue weighted by molar-refractivity contribution is -0.120. The lowest BCUT2D eigenvalue weighted by Gasteiger charge is -2.11. The van der Waals surface area contributed by atoms with Crippen molar-refractivity contribution < 1.29 is 9.90 Å². The number of alkyl halides is 3. The smallest absolute Gasteiger partial charge is 0.272 e. The van der Waals surface area contributed by atoms with Crippen LogP contribution in [0.25, 0.3) is 0 Å². The number of hydrogen-bond donors (Lipinski definition) is 2. The van der Waals surface area contributed by atoms with Gasteiger partial charge >= 0.3 is 0 Å². The molecule has 0 bridgehead atoms. The van der Waals surface area contributed by atoms with Crippen LogP contribution in [0, 0.1) is 0 Å².